The minimum absolute atomic E-state index is 0.0923. The fourth-order valence-corrected chi connectivity index (χ4v) is 2.31. The van der Waals surface area contributed by atoms with Gasteiger partial charge in [-0.3, -0.25) is 9.36 Å². The number of hydrogen-bond acceptors (Lipinski definition) is 7. The standard InChI is InChI=1S/C14H15N5O4/c1-22-9-3-4-10(11(7-9)23-2)12-13(21)18(5-6-20)14-16-15-8-19(14)17-12/h3-4,7-8,20H,5-6H2,1-2H3. The minimum atomic E-state index is -0.386. The van der Waals surface area contributed by atoms with E-state index in [4.69, 9.17) is 9.47 Å². The van der Waals surface area contributed by atoms with Crippen LogP contribution in [-0.4, -0.2) is 50.3 Å². The van der Waals surface area contributed by atoms with E-state index in [1.165, 1.54) is 22.5 Å². The van der Waals surface area contributed by atoms with Crippen LogP contribution in [0.2, 0.25) is 0 Å². The van der Waals surface area contributed by atoms with E-state index in [0.29, 0.717) is 17.1 Å². The molecular weight excluding hydrogens is 302 g/mol. The van der Waals surface area contributed by atoms with Crippen LogP contribution in [0.3, 0.4) is 0 Å². The molecule has 9 nitrogen and oxygen atoms in total. The fraction of sp³-hybridized carbons (Fsp3) is 0.286. The first-order chi connectivity index (χ1) is 11.2. The van der Waals surface area contributed by atoms with Gasteiger partial charge in [-0.1, -0.05) is 0 Å². The Balaban J connectivity index is 2.28. The van der Waals surface area contributed by atoms with Crippen molar-refractivity contribution < 1.29 is 14.6 Å². The van der Waals surface area contributed by atoms with E-state index in [9.17, 15) is 9.90 Å². The van der Waals surface area contributed by atoms with Gasteiger partial charge in [-0.15, -0.1) is 10.2 Å². The molecule has 0 bridgehead atoms. The van der Waals surface area contributed by atoms with Crippen molar-refractivity contribution in [1.29, 1.82) is 0 Å². The summed E-state index contributed by atoms with van der Waals surface area (Å²) in [6.45, 7) is -0.110. The number of rotatable bonds is 5. The largest absolute Gasteiger partial charge is 0.497 e. The van der Waals surface area contributed by atoms with Crippen molar-refractivity contribution in [3.8, 4) is 22.8 Å². The lowest BCUT2D eigenvalue weighted by molar-refractivity contribution is 0.275. The zero-order valence-electron chi connectivity index (χ0n) is 12.6. The second-order valence-electron chi connectivity index (χ2n) is 4.67. The summed E-state index contributed by atoms with van der Waals surface area (Å²) in [4.78, 5) is 12.7. The van der Waals surface area contributed by atoms with Crippen LogP contribution < -0.4 is 15.0 Å². The van der Waals surface area contributed by atoms with E-state index < -0.39 is 0 Å². The van der Waals surface area contributed by atoms with Crippen LogP contribution in [0.15, 0.2) is 29.3 Å². The van der Waals surface area contributed by atoms with E-state index in [0.717, 1.165) is 0 Å². The van der Waals surface area contributed by atoms with Crippen LogP contribution in [-0.2, 0) is 6.54 Å². The predicted octanol–water partition coefficient (Wildman–Crippen LogP) is -0.0375. The summed E-state index contributed by atoms with van der Waals surface area (Å²) in [6, 6.07) is 5.08. The lowest BCUT2D eigenvalue weighted by atomic mass is 10.1. The number of aliphatic hydroxyl groups is 1. The molecular formula is C14H15N5O4. The predicted molar refractivity (Wildman–Crippen MR) is 80.7 cm³/mol. The van der Waals surface area contributed by atoms with Gasteiger partial charge in [0.05, 0.1) is 32.9 Å². The SMILES string of the molecule is COc1ccc(-c2nn3cnnc3n(CCO)c2=O)c(OC)c1. The van der Waals surface area contributed by atoms with Gasteiger partial charge in [0.25, 0.3) is 11.3 Å². The van der Waals surface area contributed by atoms with Crippen molar-refractivity contribution in [2.24, 2.45) is 0 Å². The first-order valence-electron chi connectivity index (χ1n) is 6.83. The molecule has 1 aromatic carbocycles. The summed E-state index contributed by atoms with van der Waals surface area (Å²) in [5, 5.41) is 21.1. The monoisotopic (exact) mass is 317 g/mol. The molecule has 0 spiro atoms. The molecule has 9 heteroatoms. The number of nitrogens with zero attached hydrogens (tertiary/aromatic N) is 5. The van der Waals surface area contributed by atoms with Gasteiger partial charge in [-0.05, 0) is 12.1 Å². The molecule has 0 unspecified atom stereocenters. The molecule has 2 heterocycles. The van der Waals surface area contributed by atoms with Crippen molar-refractivity contribution in [2.75, 3.05) is 20.8 Å². The number of benzene rings is 1. The highest BCUT2D eigenvalue weighted by molar-refractivity contribution is 5.68. The molecule has 1 N–H and O–H groups in total. The van der Waals surface area contributed by atoms with Crippen LogP contribution in [0.25, 0.3) is 17.0 Å². The second-order valence-corrected chi connectivity index (χ2v) is 4.67. The van der Waals surface area contributed by atoms with E-state index in [1.807, 2.05) is 0 Å². The molecule has 0 fully saturated rings. The molecule has 0 atom stereocenters. The molecule has 0 saturated heterocycles. The lowest BCUT2D eigenvalue weighted by Gasteiger charge is -2.11. The highest BCUT2D eigenvalue weighted by Crippen LogP contribution is 2.30. The highest BCUT2D eigenvalue weighted by atomic mass is 16.5. The van der Waals surface area contributed by atoms with Gasteiger partial charge >= 0.3 is 0 Å². The first kappa shape index (κ1) is 15.0. The van der Waals surface area contributed by atoms with Crippen molar-refractivity contribution in [3.63, 3.8) is 0 Å². The van der Waals surface area contributed by atoms with Gasteiger partial charge < -0.3 is 14.6 Å². The minimum Gasteiger partial charge on any atom is -0.497 e. The topological polar surface area (TPSA) is 104 Å². The summed E-state index contributed by atoms with van der Waals surface area (Å²) in [5.74, 6) is 1.32. The number of aromatic nitrogens is 5. The van der Waals surface area contributed by atoms with Gasteiger partial charge in [-0.2, -0.15) is 9.61 Å². The van der Waals surface area contributed by atoms with E-state index in [-0.39, 0.29) is 30.2 Å². The number of aliphatic hydroxyl groups excluding tert-OH is 1. The lowest BCUT2D eigenvalue weighted by Crippen LogP contribution is -2.27. The molecule has 2 aromatic heterocycles. The zero-order valence-corrected chi connectivity index (χ0v) is 12.6. The van der Waals surface area contributed by atoms with Crippen molar-refractivity contribution in [1.82, 2.24) is 24.4 Å². The van der Waals surface area contributed by atoms with Gasteiger partial charge in [0.1, 0.15) is 17.8 Å². The van der Waals surface area contributed by atoms with Crippen molar-refractivity contribution in [2.45, 2.75) is 6.54 Å². The maximum Gasteiger partial charge on any atom is 0.281 e. The van der Waals surface area contributed by atoms with E-state index >= 15 is 0 Å². The maximum atomic E-state index is 12.7. The third-order valence-corrected chi connectivity index (χ3v) is 3.40. The van der Waals surface area contributed by atoms with E-state index in [2.05, 4.69) is 15.3 Å². The van der Waals surface area contributed by atoms with Gasteiger partial charge in [0.2, 0.25) is 0 Å². The Morgan fingerprint density at radius 3 is 2.78 bits per heavy atom. The Kier molecular flexibility index (Phi) is 3.94. The Morgan fingerprint density at radius 1 is 1.26 bits per heavy atom. The molecule has 0 saturated carbocycles. The average Bonchev–Trinajstić information content (AvgIpc) is 3.05. The molecule has 120 valence electrons. The van der Waals surface area contributed by atoms with Crippen molar-refractivity contribution in [3.05, 3.63) is 34.9 Å². The second kappa shape index (κ2) is 6.05. The number of methoxy groups -OCH3 is 2. The molecule has 0 amide bonds. The normalized spacial score (nSPS) is 10.9. The molecule has 3 aromatic rings. The fourth-order valence-electron chi connectivity index (χ4n) is 2.31. The van der Waals surface area contributed by atoms with Crippen molar-refractivity contribution >= 4 is 5.78 Å². The average molecular weight is 317 g/mol. The van der Waals surface area contributed by atoms with E-state index in [1.54, 1.807) is 25.3 Å². The smallest absolute Gasteiger partial charge is 0.281 e. The Bertz CT molecular complexity index is 902. The first-order valence-corrected chi connectivity index (χ1v) is 6.83. The quantitative estimate of drug-likeness (QED) is 0.704. The van der Waals surface area contributed by atoms with Crippen LogP contribution >= 0.6 is 0 Å². The van der Waals surface area contributed by atoms with Gasteiger partial charge in [0.15, 0.2) is 5.69 Å². The zero-order chi connectivity index (χ0) is 16.4. The van der Waals surface area contributed by atoms with Crippen LogP contribution in [0.4, 0.5) is 0 Å². The summed E-state index contributed by atoms with van der Waals surface area (Å²) < 4.78 is 13.2. The Morgan fingerprint density at radius 2 is 2.09 bits per heavy atom. The summed E-state index contributed by atoms with van der Waals surface area (Å²) in [7, 11) is 3.05. The molecule has 23 heavy (non-hydrogen) atoms. The van der Waals surface area contributed by atoms with Gasteiger partial charge in [-0.25, -0.2) is 0 Å². The summed E-state index contributed by atoms with van der Waals surface area (Å²) in [6.07, 6.45) is 1.39. The van der Waals surface area contributed by atoms with Crippen LogP contribution in [0.5, 0.6) is 11.5 Å². The Labute approximate surface area is 130 Å². The molecule has 0 radical (unpaired) electrons. The third kappa shape index (κ3) is 2.50. The molecule has 0 aliphatic heterocycles. The Hall–Kier alpha value is -2.94. The number of hydrogen-bond donors (Lipinski definition) is 1. The summed E-state index contributed by atoms with van der Waals surface area (Å²) >= 11 is 0. The van der Waals surface area contributed by atoms with Gasteiger partial charge in [0, 0.05) is 6.07 Å². The maximum absolute atomic E-state index is 12.7. The number of fused-ring (bicyclic) bond motifs is 1. The van der Waals surface area contributed by atoms with Crippen LogP contribution in [0, 0.1) is 0 Å². The molecule has 0 aliphatic rings. The summed E-state index contributed by atoms with van der Waals surface area (Å²) in [5.41, 5.74) is 0.300. The van der Waals surface area contributed by atoms with Crippen LogP contribution in [0.1, 0.15) is 0 Å². The molecule has 3 rings (SSSR count). The third-order valence-electron chi connectivity index (χ3n) is 3.40. The molecule has 0 aliphatic carbocycles. The highest BCUT2D eigenvalue weighted by Gasteiger charge is 2.18. The number of ether oxygens (including phenoxy) is 2.